The van der Waals surface area contributed by atoms with E-state index in [2.05, 4.69) is 72.4 Å². The molecule has 6 rings (SSSR count). The minimum atomic E-state index is -1.16. The summed E-state index contributed by atoms with van der Waals surface area (Å²) in [5.74, 6) is 0.217. The number of carbonyl (C=O) groups excluding carboxylic acids is 3. The van der Waals surface area contributed by atoms with E-state index < -0.39 is 22.8 Å². The van der Waals surface area contributed by atoms with Crippen LogP contribution in [0.3, 0.4) is 0 Å². The first-order chi connectivity index (χ1) is 23.6. The number of fused-ring (bicyclic) bond motifs is 7. The smallest absolute Gasteiger partial charge is 0.309 e. The molecule has 5 fully saturated rings. The summed E-state index contributed by atoms with van der Waals surface area (Å²) in [6.07, 6.45) is 9.67. The van der Waals surface area contributed by atoms with Crippen LogP contribution in [0.1, 0.15) is 139 Å². The van der Waals surface area contributed by atoms with E-state index in [0.29, 0.717) is 24.3 Å². The highest BCUT2D eigenvalue weighted by atomic mass is 16.5. The molecule has 8 heteroatoms. The van der Waals surface area contributed by atoms with Gasteiger partial charge in [-0.2, -0.15) is 0 Å². The number of hydrogen-bond acceptors (Lipinski definition) is 6. The molecule has 0 aromatic rings. The largest absolute Gasteiger partial charge is 0.481 e. The number of hydrogen-bond donors (Lipinski definition) is 1. The van der Waals surface area contributed by atoms with Crippen LogP contribution in [0.25, 0.3) is 0 Å². The van der Waals surface area contributed by atoms with Crippen LogP contribution in [0.5, 0.6) is 0 Å². The SMILES string of the molecule is CC(C)C1=C2[C@H]3CCC4[C@@]5(C)CC[C@H](OC(=O)CC(C)(C)C(=O)O)C(C)(C)C5CC[C@@]4(C)[C@]3(C)CC[C@@]2(C(=O)N2CCC(N(C)C)CC2)CC1=O. The van der Waals surface area contributed by atoms with Gasteiger partial charge in [0.25, 0.3) is 0 Å². The molecular weight excluding hydrogens is 640 g/mol. The third kappa shape index (κ3) is 5.68. The number of rotatable bonds is 7. The lowest BCUT2D eigenvalue weighted by Gasteiger charge is -2.72. The maximum Gasteiger partial charge on any atom is 0.309 e. The van der Waals surface area contributed by atoms with Crippen molar-refractivity contribution in [3.8, 4) is 0 Å². The molecule has 5 aliphatic carbocycles. The van der Waals surface area contributed by atoms with Crippen LogP contribution in [0.4, 0.5) is 0 Å². The summed E-state index contributed by atoms with van der Waals surface area (Å²) < 4.78 is 6.17. The van der Waals surface area contributed by atoms with Crippen LogP contribution in [0.2, 0.25) is 0 Å². The Bertz CT molecular complexity index is 1490. The molecule has 8 atom stereocenters. The van der Waals surface area contributed by atoms with Crippen molar-refractivity contribution < 1.29 is 29.0 Å². The molecule has 2 unspecified atom stereocenters. The second-order valence-electron chi connectivity index (χ2n) is 20.5. The summed E-state index contributed by atoms with van der Waals surface area (Å²) in [7, 11) is 4.26. The molecular formula is C43H68N2O6. The average molecular weight is 709 g/mol. The fraction of sp³-hybridized carbons (Fsp3) is 0.860. The van der Waals surface area contributed by atoms with Crippen molar-refractivity contribution in [2.45, 2.75) is 152 Å². The van der Waals surface area contributed by atoms with Crippen molar-refractivity contribution in [2.24, 2.45) is 56.2 Å². The summed E-state index contributed by atoms with van der Waals surface area (Å²) in [5.41, 5.74) is 0.209. The molecule has 1 N–H and O–H groups in total. The van der Waals surface area contributed by atoms with Crippen LogP contribution >= 0.6 is 0 Å². The first-order valence-electron chi connectivity index (χ1n) is 20.2. The molecule has 0 spiro atoms. The summed E-state index contributed by atoms with van der Waals surface area (Å²) in [5, 5.41) is 9.61. The predicted molar refractivity (Wildman–Crippen MR) is 199 cm³/mol. The molecule has 286 valence electrons. The molecule has 4 saturated carbocycles. The van der Waals surface area contributed by atoms with Gasteiger partial charge in [-0.15, -0.1) is 0 Å². The van der Waals surface area contributed by atoms with E-state index in [1.807, 2.05) is 0 Å². The number of ether oxygens (including phenoxy) is 1. The van der Waals surface area contributed by atoms with E-state index >= 15 is 0 Å². The van der Waals surface area contributed by atoms with Gasteiger partial charge in [0, 0.05) is 31.0 Å². The molecule has 1 saturated heterocycles. The van der Waals surface area contributed by atoms with Crippen LogP contribution in [0, 0.1) is 56.2 Å². The maximum atomic E-state index is 14.9. The molecule has 8 nitrogen and oxygen atoms in total. The molecule has 51 heavy (non-hydrogen) atoms. The number of aliphatic carboxylic acids is 1. The Labute approximate surface area is 307 Å². The molecule has 6 aliphatic rings. The van der Waals surface area contributed by atoms with E-state index in [9.17, 15) is 24.3 Å². The number of Topliss-reactive ketones (excluding diaryl/α,β-unsaturated/α-hetero) is 1. The minimum Gasteiger partial charge on any atom is -0.481 e. The summed E-state index contributed by atoms with van der Waals surface area (Å²) >= 11 is 0. The Balaban J connectivity index is 1.29. The van der Waals surface area contributed by atoms with Crippen LogP contribution in [0.15, 0.2) is 11.1 Å². The van der Waals surface area contributed by atoms with Crippen molar-refractivity contribution in [1.29, 1.82) is 0 Å². The van der Waals surface area contributed by atoms with Gasteiger partial charge in [-0.3, -0.25) is 19.2 Å². The van der Waals surface area contributed by atoms with Gasteiger partial charge in [0.1, 0.15) is 6.10 Å². The van der Waals surface area contributed by atoms with Gasteiger partial charge >= 0.3 is 11.9 Å². The van der Waals surface area contributed by atoms with Crippen molar-refractivity contribution in [3.63, 3.8) is 0 Å². The van der Waals surface area contributed by atoms with Gasteiger partial charge in [-0.25, -0.2) is 0 Å². The highest BCUT2D eigenvalue weighted by molar-refractivity contribution is 6.07. The van der Waals surface area contributed by atoms with E-state index in [-0.39, 0.29) is 57.7 Å². The number of ketones is 1. The number of amides is 1. The zero-order valence-electron chi connectivity index (χ0n) is 33.7. The van der Waals surface area contributed by atoms with Gasteiger partial charge in [0.15, 0.2) is 5.78 Å². The Hall–Kier alpha value is -2.22. The van der Waals surface area contributed by atoms with E-state index in [4.69, 9.17) is 4.74 Å². The zero-order valence-corrected chi connectivity index (χ0v) is 33.7. The lowest BCUT2D eigenvalue weighted by molar-refractivity contribution is -0.233. The number of nitrogens with zero attached hydrogens (tertiary/aromatic N) is 2. The Morgan fingerprint density at radius 1 is 0.882 bits per heavy atom. The fourth-order valence-electron chi connectivity index (χ4n) is 13.6. The monoisotopic (exact) mass is 709 g/mol. The van der Waals surface area contributed by atoms with Crippen molar-refractivity contribution in [2.75, 3.05) is 27.2 Å². The highest BCUT2D eigenvalue weighted by Gasteiger charge is 2.71. The van der Waals surface area contributed by atoms with Crippen molar-refractivity contribution >= 4 is 23.6 Å². The third-order valence-electron chi connectivity index (χ3n) is 16.7. The van der Waals surface area contributed by atoms with Crippen molar-refractivity contribution in [3.05, 3.63) is 11.1 Å². The van der Waals surface area contributed by atoms with Gasteiger partial charge < -0.3 is 19.6 Å². The van der Waals surface area contributed by atoms with Gasteiger partial charge in [-0.05, 0) is 143 Å². The standard InChI is InChI=1S/C43H68N2O6/c1-26(2)34-29(46)24-43(36(48)45-22-16-27(17-23-45)44(10)11)21-20-41(8)28(35(34)43)12-13-31-40(7)18-15-32(51-33(47)25-38(3,4)37(49)50)39(5,6)30(40)14-19-42(31,41)9/h26-28,30-32H,12-25H2,1-11H3,(H,49,50)/t28-,30?,31?,32+,40+,41-,42-,43-/m1/s1. The van der Waals surface area contributed by atoms with Crippen LogP contribution in [-0.2, 0) is 23.9 Å². The lowest BCUT2D eigenvalue weighted by atomic mass is 9.33. The molecule has 0 aromatic heterocycles. The van der Waals surface area contributed by atoms with E-state index in [1.165, 1.54) is 5.57 Å². The van der Waals surface area contributed by atoms with Gasteiger partial charge in [-0.1, -0.05) is 48.5 Å². The van der Waals surface area contributed by atoms with E-state index in [0.717, 1.165) is 82.9 Å². The third-order valence-corrected chi connectivity index (χ3v) is 16.7. The number of piperidine rings is 1. The molecule has 0 aromatic carbocycles. The zero-order chi connectivity index (χ0) is 37.7. The summed E-state index contributed by atoms with van der Waals surface area (Å²) in [4.78, 5) is 58.2. The van der Waals surface area contributed by atoms with Crippen LogP contribution in [-0.4, -0.2) is 77.9 Å². The summed E-state index contributed by atoms with van der Waals surface area (Å²) in [6.45, 7) is 21.2. The Morgan fingerprint density at radius 2 is 1.53 bits per heavy atom. The average Bonchev–Trinajstić information content (AvgIpc) is 3.35. The molecule has 1 heterocycles. The number of carboxylic acids is 1. The number of allylic oxidation sites excluding steroid dienone is 1. The molecule has 0 radical (unpaired) electrons. The fourth-order valence-corrected chi connectivity index (χ4v) is 13.6. The Kier molecular flexibility index (Phi) is 9.58. The second-order valence-corrected chi connectivity index (χ2v) is 20.5. The number of carboxylic acid groups (broad SMARTS) is 1. The topological polar surface area (TPSA) is 104 Å². The maximum absolute atomic E-state index is 14.9. The van der Waals surface area contributed by atoms with Gasteiger partial charge in [0.2, 0.25) is 5.91 Å². The number of esters is 1. The van der Waals surface area contributed by atoms with Gasteiger partial charge in [0.05, 0.1) is 17.3 Å². The molecule has 0 bridgehead atoms. The number of carbonyl (C=O) groups is 4. The molecule has 1 amide bonds. The molecule has 1 aliphatic heterocycles. The minimum absolute atomic E-state index is 0.0262. The lowest BCUT2D eigenvalue weighted by Crippen LogP contribution is -2.66. The highest BCUT2D eigenvalue weighted by Crippen LogP contribution is 2.77. The van der Waals surface area contributed by atoms with Crippen molar-refractivity contribution in [1.82, 2.24) is 9.80 Å². The first-order valence-corrected chi connectivity index (χ1v) is 20.2. The van der Waals surface area contributed by atoms with E-state index in [1.54, 1.807) is 13.8 Å². The summed E-state index contributed by atoms with van der Waals surface area (Å²) in [6, 6.07) is 0.496. The number of likely N-dealkylation sites (tertiary alicyclic amines) is 1. The quantitative estimate of drug-likeness (QED) is 0.268. The Morgan fingerprint density at radius 3 is 2.12 bits per heavy atom. The predicted octanol–water partition coefficient (Wildman–Crippen LogP) is 7.93. The first kappa shape index (κ1) is 38.5. The second kappa shape index (κ2) is 12.7. The van der Waals surface area contributed by atoms with Crippen LogP contribution < -0.4 is 0 Å². The normalized spacial score (nSPS) is 39.7.